The minimum Gasteiger partial charge on any atom is -0.481 e. The fourth-order valence-corrected chi connectivity index (χ4v) is 3.35. The number of carbonyl (C=O) groups is 1. The molecule has 7 heteroatoms. The monoisotopic (exact) mass is 337 g/mol. The molecule has 1 saturated heterocycles. The van der Waals surface area contributed by atoms with Gasteiger partial charge in [-0.05, 0) is 25.0 Å². The number of hydrogen-bond donors (Lipinski definition) is 0. The van der Waals surface area contributed by atoms with Gasteiger partial charge in [0.05, 0.1) is 18.9 Å². The predicted octanol–water partition coefficient (Wildman–Crippen LogP) is 2.15. The maximum absolute atomic E-state index is 12.6. The Morgan fingerprint density at radius 2 is 1.96 bits per heavy atom. The lowest BCUT2D eigenvalue weighted by atomic mass is 9.93. The lowest BCUT2D eigenvalue weighted by Gasteiger charge is -2.32. The van der Waals surface area contributed by atoms with Gasteiger partial charge in [-0.15, -0.1) is 0 Å². The van der Waals surface area contributed by atoms with E-state index in [4.69, 9.17) is 4.74 Å². The van der Waals surface area contributed by atoms with Crippen LogP contribution in [-0.2, 0) is 0 Å². The maximum Gasteiger partial charge on any atom is 0.255 e. The van der Waals surface area contributed by atoms with Crippen LogP contribution in [0.1, 0.15) is 34.8 Å². The summed E-state index contributed by atoms with van der Waals surface area (Å²) >= 11 is 0. The minimum absolute atomic E-state index is 0.0209. The number of likely N-dealkylation sites (tertiary alicyclic amines) is 1. The Labute approximate surface area is 145 Å². The molecule has 0 N–H and O–H groups in total. The topological polar surface area (TPSA) is 72.6 Å². The lowest BCUT2D eigenvalue weighted by Crippen LogP contribution is -2.38. The van der Waals surface area contributed by atoms with Crippen LogP contribution >= 0.6 is 0 Å². The Hall–Kier alpha value is -2.96. The predicted molar refractivity (Wildman–Crippen MR) is 91.7 cm³/mol. The third-order valence-corrected chi connectivity index (χ3v) is 4.71. The van der Waals surface area contributed by atoms with Crippen molar-refractivity contribution in [3.63, 3.8) is 0 Å². The molecule has 25 heavy (non-hydrogen) atoms. The zero-order valence-corrected chi connectivity index (χ0v) is 14.0. The van der Waals surface area contributed by atoms with Gasteiger partial charge in [0, 0.05) is 49.2 Å². The van der Waals surface area contributed by atoms with Gasteiger partial charge in [-0.3, -0.25) is 4.79 Å². The second kappa shape index (κ2) is 6.51. The minimum atomic E-state index is 0.0209. The SMILES string of the molecule is COc1ccc(C(=O)N2CCC(c3ccnc4ccnn34)CC2)cn1. The molecule has 1 fully saturated rings. The first-order chi connectivity index (χ1) is 12.3. The van der Waals surface area contributed by atoms with E-state index in [9.17, 15) is 4.79 Å². The van der Waals surface area contributed by atoms with Gasteiger partial charge in [0.1, 0.15) is 0 Å². The number of amides is 1. The molecular weight excluding hydrogens is 318 g/mol. The molecule has 0 aromatic carbocycles. The number of fused-ring (bicyclic) bond motifs is 1. The first kappa shape index (κ1) is 15.6. The number of pyridine rings is 1. The van der Waals surface area contributed by atoms with Gasteiger partial charge in [-0.25, -0.2) is 14.5 Å². The summed E-state index contributed by atoms with van der Waals surface area (Å²) in [5.74, 6) is 0.909. The molecule has 1 aliphatic rings. The molecular formula is C18H19N5O2. The van der Waals surface area contributed by atoms with E-state index < -0.39 is 0 Å². The molecule has 0 aliphatic carbocycles. The van der Waals surface area contributed by atoms with Crippen LogP contribution in [-0.4, -0.2) is 50.6 Å². The van der Waals surface area contributed by atoms with Crippen molar-refractivity contribution in [1.82, 2.24) is 24.5 Å². The lowest BCUT2D eigenvalue weighted by molar-refractivity contribution is 0.0711. The molecule has 128 valence electrons. The number of methoxy groups -OCH3 is 1. The number of piperidine rings is 1. The van der Waals surface area contributed by atoms with E-state index in [1.807, 2.05) is 27.7 Å². The highest BCUT2D eigenvalue weighted by atomic mass is 16.5. The van der Waals surface area contributed by atoms with Crippen LogP contribution in [0.4, 0.5) is 0 Å². The number of nitrogens with zero attached hydrogens (tertiary/aromatic N) is 5. The Balaban J connectivity index is 1.45. The van der Waals surface area contributed by atoms with E-state index in [1.165, 1.54) is 0 Å². The smallest absolute Gasteiger partial charge is 0.255 e. The highest BCUT2D eigenvalue weighted by Crippen LogP contribution is 2.28. The molecule has 3 aromatic rings. The molecule has 0 bridgehead atoms. The van der Waals surface area contributed by atoms with Crippen LogP contribution in [0.15, 0.2) is 42.9 Å². The van der Waals surface area contributed by atoms with Crippen molar-refractivity contribution in [3.05, 3.63) is 54.1 Å². The van der Waals surface area contributed by atoms with Crippen LogP contribution in [0.3, 0.4) is 0 Å². The molecule has 7 nitrogen and oxygen atoms in total. The van der Waals surface area contributed by atoms with Crippen molar-refractivity contribution < 1.29 is 9.53 Å². The van der Waals surface area contributed by atoms with Crippen molar-refractivity contribution >= 4 is 11.6 Å². The first-order valence-corrected chi connectivity index (χ1v) is 8.34. The zero-order chi connectivity index (χ0) is 17.2. The normalized spacial score (nSPS) is 15.5. The molecule has 0 unspecified atom stereocenters. The van der Waals surface area contributed by atoms with E-state index >= 15 is 0 Å². The van der Waals surface area contributed by atoms with Crippen molar-refractivity contribution in [3.8, 4) is 5.88 Å². The summed E-state index contributed by atoms with van der Waals surface area (Å²) in [5, 5.41) is 4.37. The molecule has 3 aromatic heterocycles. The fourth-order valence-electron chi connectivity index (χ4n) is 3.35. The van der Waals surface area contributed by atoms with Gasteiger partial charge in [-0.1, -0.05) is 0 Å². The van der Waals surface area contributed by atoms with Gasteiger partial charge in [0.15, 0.2) is 5.65 Å². The van der Waals surface area contributed by atoms with Gasteiger partial charge < -0.3 is 9.64 Å². The second-order valence-corrected chi connectivity index (χ2v) is 6.13. The Bertz CT molecular complexity index is 882. The first-order valence-electron chi connectivity index (χ1n) is 8.34. The van der Waals surface area contributed by atoms with E-state index in [2.05, 4.69) is 15.1 Å². The Kier molecular flexibility index (Phi) is 4.05. The number of ether oxygens (including phenoxy) is 1. The van der Waals surface area contributed by atoms with Gasteiger partial charge in [0.25, 0.3) is 5.91 Å². The standard InChI is InChI=1S/C18H19N5O2/c1-25-17-3-2-14(12-20-17)18(24)22-10-6-13(7-11-22)15-4-8-19-16-5-9-21-23(15)16/h2-5,8-9,12-13H,6-7,10-11H2,1H3. The van der Waals surface area contributed by atoms with Gasteiger partial charge in [0.2, 0.25) is 5.88 Å². The average molecular weight is 337 g/mol. The van der Waals surface area contributed by atoms with E-state index in [0.717, 1.165) is 37.3 Å². The highest BCUT2D eigenvalue weighted by Gasteiger charge is 2.26. The number of aromatic nitrogens is 4. The number of hydrogen-bond acceptors (Lipinski definition) is 5. The molecule has 1 amide bonds. The van der Waals surface area contributed by atoms with E-state index in [0.29, 0.717) is 17.4 Å². The van der Waals surface area contributed by atoms with Crippen LogP contribution in [0, 0.1) is 0 Å². The van der Waals surface area contributed by atoms with Crippen LogP contribution in [0.5, 0.6) is 5.88 Å². The summed E-state index contributed by atoms with van der Waals surface area (Å²) in [6.45, 7) is 1.45. The largest absolute Gasteiger partial charge is 0.481 e. The molecule has 4 rings (SSSR count). The van der Waals surface area contributed by atoms with Gasteiger partial charge >= 0.3 is 0 Å². The number of carbonyl (C=O) groups excluding carboxylic acids is 1. The Morgan fingerprint density at radius 3 is 2.68 bits per heavy atom. The quantitative estimate of drug-likeness (QED) is 0.732. The van der Waals surface area contributed by atoms with E-state index in [-0.39, 0.29) is 5.91 Å². The third-order valence-electron chi connectivity index (χ3n) is 4.71. The summed E-state index contributed by atoms with van der Waals surface area (Å²) in [6.07, 6.45) is 6.99. The maximum atomic E-state index is 12.6. The van der Waals surface area contributed by atoms with Crippen LogP contribution < -0.4 is 4.74 Å². The molecule has 0 atom stereocenters. The van der Waals surface area contributed by atoms with Crippen LogP contribution in [0.2, 0.25) is 0 Å². The molecule has 0 spiro atoms. The summed E-state index contributed by atoms with van der Waals surface area (Å²) in [6, 6.07) is 7.40. The van der Waals surface area contributed by atoms with Crippen molar-refractivity contribution in [1.29, 1.82) is 0 Å². The number of rotatable bonds is 3. The fraction of sp³-hybridized carbons (Fsp3) is 0.333. The molecule has 1 aliphatic heterocycles. The van der Waals surface area contributed by atoms with Crippen molar-refractivity contribution in [2.24, 2.45) is 0 Å². The van der Waals surface area contributed by atoms with Crippen LogP contribution in [0.25, 0.3) is 5.65 Å². The second-order valence-electron chi connectivity index (χ2n) is 6.13. The third kappa shape index (κ3) is 2.93. The Morgan fingerprint density at radius 1 is 1.12 bits per heavy atom. The van der Waals surface area contributed by atoms with Gasteiger partial charge in [-0.2, -0.15) is 5.10 Å². The summed E-state index contributed by atoms with van der Waals surface area (Å²) in [7, 11) is 1.56. The highest BCUT2D eigenvalue weighted by molar-refractivity contribution is 5.94. The molecule has 4 heterocycles. The molecule has 0 saturated carbocycles. The average Bonchev–Trinajstić information content (AvgIpc) is 3.16. The molecule has 0 radical (unpaired) electrons. The zero-order valence-electron chi connectivity index (χ0n) is 14.0. The van der Waals surface area contributed by atoms with Crippen molar-refractivity contribution in [2.45, 2.75) is 18.8 Å². The summed E-state index contributed by atoms with van der Waals surface area (Å²) in [5.41, 5.74) is 2.62. The summed E-state index contributed by atoms with van der Waals surface area (Å²) in [4.78, 5) is 22.9. The summed E-state index contributed by atoms with van der Waals surface area (Å²) < 4.78 is 6.93. The van der Waals surface area contributed by atoms with Crippen molar-refractivity contribution in [2.75, 3.05) is 20.2 Å². The van der Waals surface area contributed by atoms with E-state index in [1.54, 1.807) is 31.6 Å².